The van der Waals surface area contributed by atoms with Crippen LogP contribution in [0.5, 0.6) is 0 Å². The first-order valence-electron chi connectivity index (χ1n) is 5.67. The first-order chi connectivity index (χ1) is 9.22. The molecule has 0 spiro atoms. The SMILES string of the molecule is CC(C)[C@H](NC(=O)Nc1cc(F)c(Br)cc1F)C(=O)O. The fourth-order valence-corrected chi connectivity index (χ4v) is 1.75. The summed E-state index contributed by atoms with van der Waals surface area (Å²) in [7, 11) is 0. The van der Waals surface area contributed by atoms with Crippen LogP contribution in [0.1, 0.15) is 13.8 Å². The lowest BCUT2D eigenvalue weighted by Gasteiger charge is -2.18. The smallest absolute Gasteiger partial charge is 0.326 e. The molecule has 1 aromatic carbocycles. The van der Waals surface area contributed by atoms with Crippen LogP contribution in [0.3, 0.4) is 0 Å². The van der Waals surface area contributed by atoms with Crippen LogP contribution in [-0.2, 0) is 4.79 Å². The molecule has 5 nitrogen and oxygen atoms in total. The van der Waals surface area contributed by atoms with E-state index in [0.717, 1.165) is 12.1 Å². The third-order valence-electron chi connectivity index (χ3n) is 2.48. The molecule has 110 valence electrons. The molecule has 0 aliphatic heterocycles. The van der Waals surface area contributed by atoms with Gasteiger partial charge in [0.15, 0.2) is 0 Å². The van der Waals surface area contributed by atoms with Crippen molar-refractivity contribution >= 4 is 33.6 Å². The van der Waals surface area contributed by atoms with Gasteiger partial charge in [-0.25, -0.2) is 18.4 Å². The molecule has 0 aliphatic carbocycles. The van der Waals surface area contributed by atoms with E-state index in [4.69, 9.17) is 5.11 Å². The van der Waals surface area contributed by atoms with Gasteiger partial charge in [0.1, 0.15) is 17.7 Å². The molecular weight excluding hydrogens is 338 g/mol. The second-order valence-corrected chi connectivity index (χ2v) is 5.26. The molecule has 0 saturated carbocycles. The largest absolute Gasteiger partial charge is 0.480 e. The van der Waals surface area contributed by atoms with Crippen molar-refractivity contribution in [1.29, 1.82) is 0 Å². The summed E-state index contributed by atoms with van der Waals surface area (Å²) < 4.78 is 26.7. The number of hydrogen-bond donors (Lipinski definition) is 3. The van der Waals surface area contributed by atoms with Crippen LogP contribution < -0.4 is 10.6 Å². The van der Waals surface area contributed by atoms with Crippen molar-refractivity contribution < 1.29 is 23.5 Å². The van der Waals surface area contributed by atoms with Gasteiger partial charge in [0.25, 0.3) is 0 Å². The maximum Gasteiger partial charge on any atom is 0.326 e. The van der Waals surface area contributed by atoms with Gasteiger partial charge in [-0.2, -0.15) is 0 Å². The van der Waals surface area contributed by atoms with Gasteiger partial charge >= 0.3 is 12.0 Å². The van der Waals surface area contributed by atoms with Gasteiger partial charge in [-0.15, -0.1) is 0 Å². The Labute approximate surface area is 122 Å². The van der Waals surface area contributed by atoms with E-state index in [1.807, 2.05) is 0 Å². The summed E-state index contributed by atoms with van der Waals surface area (Å²) in [5.41, 5.74) is -0.379. The molecule has 0 aliphatic rings. The Bertz CT molecular complexity index is 538. The topological polar surface area (TPSA) is 78.4 Å². The number of amides is 2. The number of nitrogens with one attached hydrogen (secondary N) is 2. The molecule has 0 bridgehead atoms. The molecule has 0 saturated heterocycles. The van der Waals surface area contributed by atoms with Gasteiger partial charge in [-0.3, -0.25) is 0 Å². The van der Waals surface area contributed by atoms with E-state index in [-0.39, 0.29) is 16.1 Å². The molecule has 1 rings (SSSR count). The Morgan fingerprint density at radius 3 is 2.35 bits per heavy atom. The molecular formula is C12H13BrF2N2O3. The number of carbonyl (C=O) groups excluding carboxylic acids is 1. The van der Waals surface area contributed by atoms with Crippen LogP contribution in [0.25, 0.3) is 0 Å². The monoisotopic (exact) mass is 350 g/mol. The van der Waals surface area contributed by atoms with Crippen LogP contribution >= 0.6 is 15.9 Å². The third kappa shape index (κ3) is 4.16. The normalized spacial score (nSPS) is 12.1. The fraction of sp³-hybridized carbons (Fsp3) is 0.333. The quantitative estimate of drug-likeness (QED) is 0.730. The summed E-state index contributed by atoms with van der Waals surface area (Å²) in [4.78, 5) is 22.5. The van der Waals surface area contributed by atoms with E-state index in [9.17, 15) is 18.4 Å². The van der Waals surface area contributed by atoms with E-state index < -0.39 is 29.7 Å². The highest BCUT2D eigenvalue weighted by molar-refractivity contribution is 9.10. The summed E-state index contributed by atoms with van der Waals surface area (Å²) in [6.07, 6.45) is 0. The molecule has 0 heterocycles. The Morgan fingerprint density at radius 2 is 1.85 bits per heavy atom. The predicted octanol–water partition coefficient (Wildman–Crippen LogP) is 2.96. The van der Waals surface area contributed by atoms with Gasteiger partial charge in [0.05, 0.1) is 10.2 Å². The number of carboxylic acid groups (broad SMARTS) is 1. The summed E-state index contributed by atoms with van der Waals surface area (Å²) in [5, 5.41) is 13.2. The minimum absolute atomic E-state index is 0.0773. The highest BCUT2D eigenvalue weighted by Gasteiger charge is 2.23. The molecule has 1 aromatic rings. The average Bonchev–Trinajstić information content (AvgIpc) is 2.32. The number of carboxylic acids is 1. The van der Waals surface area contributed by atoms with Gasteiger partial charge in [-0.1, -0.05) is 13.8 Å². The van der Waals surface area contributed by atoms with E-state index in [1.54, 1.807) is 13.8 Å². The maximum atomic E-state index is 13.5. The molecule has 0 aromatic heterocycles. The molecule has 1 atom stereocenters. The Kier molecular flexibility index (Phi) is 5.43. The standard InChI is InChI=1S/C12H13BrF2N2O3/c1-5(2)10(11(18)19)17-12(20)16-9-4-7(14)6(13)3-8(9)15/h3-5,10H,1-2H3,(H,18,19)(H2,16,17,20)/t10-/m0/s1. The molecule has 8 heteroatoms. The molecule has 0 fully saturated rings. The molecule has 20 heavy (non-hydrogen) atoms. The molecule has 0 radical (unpaired) electrons. The van der Waals surface area contributed by atoms with Crippen molar-refractivity contribution in [3.63, 3.8) is 0 Å². The summed E-state index contributed by atoms with van der Waals surface area (Å²) in [5.74, 6) is -3.16. The van der Waals surface area contributed by atoms with E-state index >= 15 is 0 Å². The van der Waals surface area contributed by atoms with Crippen LogP contribution in [0.4, 0.5) is 19.3 Å². The molecule has 3 N–H and O–H groups in total. The van der Waals surface area contributed by atoms with Crippen molar-refractivity contribution in [2.24, 2.45) is 5.92 Å². The lowest BCUT2D eigenvalue weighted by atomic mass is 10.1. The van der Waals surface area contributed by atoms with Crippen molar-refractivity contribution in [2.75, 3.05) is 5.32 Å². The minimum atomic E-state index is -1.21. The first-order valence-corrected chi connectivity index (χ1v) is 6.46. The Hall–Kier alpha value is -1.70. The molecule has 0 unspecified atom stereocenters. The van der Waals surface area contributed by atoms with Crippen molar-refractivity contribution in [2.45, 2.75) is 19.9 Å². The average molecular weight is 351 g/mol. The van der Waals surface area contributed by atoms with Crippen LogP contribution in [0.2, 0.25) is 0 Å². The van der Waals surface area contributed by atoms with Gasteiger partial charge in [0, 0.05) is 6.07 Å². The van der Waals surface area contributed by atoms with Crippen LogP contribution in [0.15, 0.2) is 16.6 Å². The summed E-state index contributed by atoms with van der Waals surface area (Å²) in [6.45, 7) is 3.22. The number of aliphatic carboxylic acids is 1. The number of hydrogen-bond acceptors (Lipinski definition) is 2. The number of urea groups is 1. The summed E-state index contributed by atoms with van der Waals surface area (Å²) in [6, 6.07) is -0.392. The van der Waals surface area contributed by atoms with E-state index in [1.165, 1.54) is 0 Å². The van der Waals surface area contributed by atoms with E-state index in [2.05, 4.69) is 26.6 Å². The lowest BCUT2D eigenvalue weighted by Crippen LogP contribution is -2.46. The minimum Gasteiger partial charge on any atom is -0.480 e. The zero-order valence-corrected chi connectivity index (χ0v) is 12.3. The predicted molar refractivity (Wildman–Crippen MR) is 72.5 cm³/mol. The number of anilines is 1. The molecule has 2 amide bonds. The highest BCUT2D eigenvalue weighted by atomic mass is 79.9. The second-order valence-electron chi connectivity index (χ2n) is 4.40. The fourth-order valence-electron chi connectivity index (χ4n) is 1.43. The highest BCUT2D eigenvalue weighted by Crippen LogP contribution is 2.23. The lowest BCUT2D eigenvalue weighted by molar-refractivity contribution is -0.140. The first kappa shape index (κ1) is 16.4. The number of benzene rings is 1. The van der Waals surface area contributed by atoms with Gasteiger partial charge in [-0.05, 0) is 27.9 Å². The number of halogens is 3. The van der Waals surface area contributed by atoms with Crippen molar-refractivity contribution in [3.05, 3.63) is 28.2 Å². The maximum absolute atomic E-state index is 13.5. The van der Waals surface area contributed by atoms with Gasteiger partial charge < -0.3 is 15.7 Å². The van der Waals surface area contributed by atoms with Crippen molar-refractivity contribution in [1.82, 2.24) is 5.32 Å². The third-order valence-corrected chi connectivity index (χ3v) is 3.09. The Balaban J connectivity index is 2.81. The van der Waals surface area contributed by atoms with E-state index in [0.29, 0.717) is 0 Å². The van der Waals surface area contributed by atoms with Crippen LogP contribution in [-0.4, -0.2) is 23.1 Å². The zero-order chi connectivity index (χ0) is 15.4. The van der Waals surface area contributed by atoms with Crippen LogP contribution in [0, 0.1) is 17.6 Å². The zero-order valence-electron chi connectivity index (χ0n) is 10.7. The Morgan fingerprint density at radius 1 is 1.25 bits per heavy atom. The second kappa shape index (κ2) is 6.65. The van der Waals surface area contributed by atoms with Crippen molar-refractivity contribution in [3.8, 4) is 0 Å². The number of rotatable bonds is 4. The number of carbonyl (C=O) groups is 2. The van der Waals surface area contributed by atoms with Gasteiger partial charge in [0.2, 0.25) is 0 Å². The summed E-state index contributed by atoms with van der Waals surface area (Å²) >= 11 is 2.80.